The first-order chi connectivity index (χ1) is 9.10. The van der Waals surface area contributed by atoms with Crippen molar-refractivity contribution in [1.29, 1.82) is 0 Å². The molecule has 2 aromatic rings. The summed E-state index contributed by atoms with van der Waals surface area (Å²) in [5.74, 6) is 0. The summed E-state index contributed by atoms with van der Waals surface area (Å²) in [5.41, 5.74) is 2.61. The monoisotopic (exact) mass is 401 g/mol. The second-order valence-corrected chi connectivity index (χ2v) is 7.32. The minimum atomic E-state index is 0.368. The summed E-state index contributed by atoms with van der Waals surface area (Å²) in [7, 11) is 0. The molecule has 0 aliphatic heterocycles. The Balaban J connectivity index is 2.21. The molecule has 0 radical (unpaired) electrons. The van der Waals surface area contributed by atoms with Crippen LogP contribution >= 0.6 is 43.2 Å². The lowest BCUT2D eigenvalue weighted by Crippen LogP contribution is -2.22. The second kappa shape index (κ2) is 7.02. The molecule has 1 atom stereocenters. The number of hydrogen-bond acceptors (Lipinski definition) is 2. The van der Waals surface area contributed by atoms with Crippen molar-refractivity contribution in [3.63, 3.8) is 0 Å². The van der Waals surface area contributed by atoms with Crippen LogP contribution in [0.4, 0.5) is 0 Å². The maximum absolute atomic E-state index is 3.62. The molecule has 0 fully saturated rings. The van der Waals surface area contributed by atoms with E-state index in [1.807, 2.05) is 11.3 Å². The summed E-state index contributed by atoms with van der Waals surface area (Å²) in [6.07, 6.45) is 1.03. The quantitative estimate of drug-likeness (QED) is 0.698. The Hall–Kier alpha value is -0.160. The van der Waals surface area contributed by atoms with Gasteiger partial charge >= 0.3 is 0 Å². The van der Waals surface area contributed by atoms with E-state index in [0.29, 0.717) is 6.04 Å². The highest BCUT2D eigenvalue weighted by Gasteiger charge is 2.13. The van der Waals surface area contributed by atoms with Crippen LogP contribution in [-0.2, 0) is 6.42 Å². The van der Waals surface area contributed by atoms with E-state index in [-0.39, 0.29) is 0 Å². The fraction of sp³-hybridized carbons (Fsp3) is 0.333. The van der Waals surface area contributed by atoms with Gasteiger partial charge in [0.25, 0.3) is 0 Å². The van der Waals surface area contributed by atoms with Crippen molar-refractivity contribution in [1.82, 2.24) is 5.32 Å². The molecule has 19 heavy (non-hydrogen) atoms. The highest BCUT2D eigenvalue weighted by atomic mass is 79.9. The molecular formula is C15H17Br2NS. The molecule has 1 N–H and O–H groups in total. The second-order valence-electron chi connectivity index (χ2n) is 4.55. The highest BCUT2D eigenvalue weighted by molar-refractivity contribution is 9.10. The van der Waals surface area contributed by atoms with E-state index in [4.69, 9.17) is 0 Å². The first kappa shape index (κ1) is 15.2. The SMILES string of the molecule is CCNC(Cc1cc(Br)cs1)c1ccc(C)c(Br)c1. The minimum absolute atomic E-state index is 0.368. The normalized spacial score (nSPS) is 12.6. The van der Waals surface area contributed by atoms with E-state index < -0.39 is 0 Å². The molecule has 0 saturated carbocycles. The molecule has 0 spiro atoms. The van der Waals surface area contributed by atoms with Crippen molar-refractivity contribution in [3.8, 4) is 0 Å². The maximum Gasteiger partial charge on any atom is 0.0369 e. The molecule has 0 aliphatic carbocycles. The molecule has 0 saturated heterocycles. The van der Waals surface area contributed by atoms with Gasteiger partial charge in [-0.15, -0.1) is 11.3 Å². The van der Waals surface area contributed by atoms with Gasteiger partial charge in [0, 0.05) is 31.7 Å². The fourth-order valence-electron chi connectivity index (χ4n) is 2.04. The van der Waals surface area contributed by atoms with Crippen LogP contribution in [-0.4, -0.2) is 6.54 Å². The number of rotatable bonds is 5. The van der Waals surface area contributed by atoms with Gasteiger partial charge in [0.15, 0.2) is 0 Å². The zero-order valence-corrected chi connectivity index (χ0v) is 15.0. The third kappa shape index (κ3) is 4.15. The maximum atomic E-state index is 3.62. The molecule has 1 aromatic heterocycles. The minimum Gasteiger partial charge on any atom is -0.310 e. The van der Waals surface area contributed by atoms with Crippen molar-refractivity contribution in [2.24, 2.45) is 0 Å². The van der Waals surface area contributed by atoms with Gasteiger partial charge in [-0.1, -0.05) is 35.0 Å². The van der Waals surface area contributed by atoms with E-state index >= 15 is 0 Å². The predicted molar refractivity (Wildman–Crippen MR) is 91.0 cm³/mol. The Morgan fingerprint density at radius 2 is 2.05 bits per heavy atom. The van der Waals surface area contributed by atoms with Gasteiger partial charge in [-0.25, -0.2) is 0 Å². The smallest absolute Gasteiger partial charge is 0.0369 e. The van der Waals surface area contributed by atoms with E-state index in [1.54, 1.807) is 0 Å². The lowest BCUT2D eigenvalue weighted by atomic mass is 10.0. The lowest BCUT2D eigenvalue weighted by molar-refractivity contribution is 0.553. The van der Waals surface area contributed by atoms with Crippen LogP contribution in [0.2, 0.25) is 0 Å². The average Bonchev–Trinajstić information content (AvgIpc) is 2.78. The van der Waals surface area contributed by atoms with Crippen molar-refractivity contribution in [2.75, 3.05) is 6.54 Å². The third-order valence-corrected chi connectivity index (χ3v) is 5.65. The van der Waals surface area contributed by atoms with Crippen LogP contribution in [0.5, 0.6) is 0 Å². The standard InChI is InChI=1S/C15H17Br2NS/c1-3-18-15(8-13-7-12(16)9-19-13)11-5-4-10(2)14(17)6-11/h4-7,9,15,18H,3,8H2,1-2H3. The molecular weight excluding hydrogens is 386 g/mol. The van der Waals surface area contributed by atoms with Crippen molar-refractivity contribution in [3.05, 3.63) is 54.6 Å². The average molecular weight is 403 g/mol. The van der Waals surface area contributed by atoms with Crippen molar-refractivity contribution >= 4 is 43.2 Å². The summed E-state index contributed by atoms with van der Waals surface area (Å²) in [6, 6.07) is 9.20. The molecule has 0 bridgehead atoms. The van der Waals surface area contributed by atoms with Gasteiger partial charge in [0.1, 0.15) is 0 Å². The fourth-order valence-corrected chi connectivity index (χ4v) is 3.94. The Morgan fingerprint density at radius 1 is 1.26 bits per heavy atom. The molecule has 102 valence electrons. The molecule has 0 aliphatic rings. The van der Waals surface area contributed by atoms with Gasteiger partial charge in [0.05, 0.1) is 0 Å². The van der Waals surface area contributed by atoms with Crippen molar-refractivity contribution in [2.45, 2.75) is 26.3 Å². The number of benzene rings is 1. The van der Waals surface area contributed by atoms with Gasteiger partial charge in [-0.2, -0.15) is 0 Å². The van der Waals surface area contributed by atoms with Crippen molar-refractivity contribution < 1.29 is 0 Å². The Kier molecular flexibility index (Phi) is 5.63. The molecule has 1 aromatic carbocycles. The van der Waals surface area contributed by atoms with Gasteiger partial charge < -0.3 is 5.32 Å². The number of thiophene rings is 1. The molecule has 0 amide bonds. The first-order valence-electron chi connectivity index (χ1n) is 6.32. The molecule has 1 nitrogen and oxygen atoms in total. The van der Waals surface area contributed by atoms with Crippen LogP contribution < -0.4 is 5.32 Å². The van der Waals surface area contributed by atoms with Gasteiger partial charge in [-0.3, -0.25) is 0 Å². The first-order valence-corrected chi connectivity index (χ1v) is 8.79. The zero-order chi connectivity index (χ0) is 13.8. The summed E-state index contributed by atoms with van der Waals surface area (Å²) in [4.78, 5) is 1.40. The van der Waals surface area contributed by atoms with E-state index in [1.165, 1.54) is 24.9 Å². The zero-order valence-electron chi connectivity index (χ0n) is 11.0. The number of hydrogen-bond donors (Lipinski definition) is 1. The van der Waals surface area contributed by atoms with Gasteiger partial charge in [0.2, 0.25) is 0 Å². The highest BCUT2D eigenvalue weighted by Crippen LogP contribution is 2.28. The largest absolute Gasteiger partial charge is 0.310 e. The predicted octanol–water partition coefficient (Wildman–Crippen LogP) is 5.47. The van der Waals surface area contributed by atoms with Crippen LogP contribution in [0, 0.1) is 6.92 Å². The topological polar surface area (TPSA) is 12.0 Å². The number of nitrogens with one attached hydrogen (secondary N) is 1. The summed E-state index contributed by atoms with van der Waals surface area (Å²) < 4.78 is 2.35. The molecule has 1 unspecified atom stereocenters. The molecule has 4 heteroatoms. The third-order valence-electron chi connectivity index (χ3n) is 3.08. The van der Waals surface area contributed by atoms with E-state index in [2.05, 4.69) is 80.7 Å². The molecule has 2 rings (SSSR count). The van der Waals surface area contributed by atoms with Crippen LogP contribution in [0.3, 0.4) is 0 Å². The lowest BCUT2D eigenvalue weighted by Gasteiger charge is -2.18. The number of halogens is 2. The van der Waals surface area contributed by atoms with E-state index in [0.717, 1.165) is 13.0 Å². The molecule has 1 heterocycles. The van der Waals surface area contributed by atoms with E-state index in [9.17, 15) is 0 Å². The number of aryl methyl sites for hydroxylation is 1. The number of likely N-dealkylation sites (N-methyl/N-ethyl adjacent to an activating group) is 1. The van der Waals surface area contributed by atoms with Gasteiger partial charge in [-0.05, 0) is 52.7 Å². The summed E-state index contributed by atoms with van der Waals surface area (Å²) >= 11 is 8.95. The Morgan fingerprint density at radius 3 is 2.63 bits per heavy atom. The van der Waals surface area contributed by atoms with Crippen LogP contribution in [0.25, 0.3) is 0 Å². The Labute approximate surface area is 135 Å². The summed E-state index contributed by atoms with van der Waals surface area (Å²) in [6.45, 7) is 5.25. The van der Waals surface area contributed by atoms with Crippen LogP contribution in [0.15, 0.2) is 38.6 Å². The Bertz CT molecular complexity index is 551. The summed E-state index contributed by atoms with van der Waals surface area (Å²) in [5, 5.41) is 5.72. The van der Waals surface area contributed by atoms with Crippen LogP contribution in [0.1, 0.15) is 29.0 Å².